The molecule has 0 radical (unpaired) electrons. The van der Waals surface area contributed by atoms with Crippen LogP contribution in [0.3, 0.4) is 0 Å². The molecule has 1 aromatic rings. The van der Waals surface area contributed by atoms with Crippen molar-refractivity contribution in [1.82, 2.24) is 10.2 Å². The Bertz CT molecular complexity index is 533. The average molecular weight is 406 g/mol. The van der Waals surface area contributed by atoms with Crippen LogP contribution in [0.5, 0.6) is 0 Å². The number of amides is 1. The van der Waals surface area contributed by atoms with Gasteiger partial charge in [-0.1, -0.05) is 30.3 Å². The summed E-state index contributed by atoms with van der Waals surface area (Å²) in [5.41, 5.74) is 7.00. The van der Waals surface area contributed by atoms with Gasteiger partial charge in [-0.2, -0.15) is 0 Å². The number of hydrogen-bond donors (Lipinski definition) is 2. The molecule has 0 spiro atoms. The maximum absolute atomic E-state index is 12.3. The summed E-state index contributed by atoms with van der Waals surface area (Å²) in [7, 11) is 0. The van der Waals surface area contributed by atoms with Crippen molar-refractivity contribution in [3.05, 3.63) is 35.9 Å². The molecule has 3 unspecified atom stereocenters. The second kappa shape index (κ2) is 11.1. The quantitative estimate of drug-likeness (QED) is 0.762. The number of nitrogens with two attached hydrogens (primary N) is 1. The number of benzene rings is 1. The molecular weight excluding hydrogens is 373 g/mol. The first-order chi connectivity index (χ1) is 11.3. The predicted molar refractivity (Wildman–Crippen MR) is 111 cm³/mol. The Kier molecular flexibility index (Phi) is 10.7. The average Bonchev–Trinajstić information content (AvgIpc) is 2.52. The highest BCUT2D eigenvalue weighted by Gasteiger charge is 2.33. The topological polar surface area (TPSA) is 67.6 Å². The first-order valence-electron chi connectivity index (χ1n) is 8.75. The van der Waals surface area contributed by atoms with Crippen LogP contribution in [-0.2, 0) is 16.0 Å². The number of nitrogens with zero attached hydrogens (tertiary/aromatic N) is 1. The van der Waals surface area contributed by atoms with Gasteiger partial charge in [-0.15, -0.1) is 24.8 Å². The molecule has 0 aromatic heterocycles. The van der Waals surface area contributed by atoms with Gasteiger partial charge in [-0.05, 0) is 39.7 Å². The van der Waals surface area contributed by atoms with Crippen LogP contribution >= 0.6 is 24.8 Å². The van der Waals surface area contributed by atoms with Gasteiger partial charge in [-0.25, -0.2) is 0 Å². The van der Waals surface area contributed by atoms with Crippen molar-refractivity contribution in [1.29, 1.82) is 0 Å². The summed E-state index contributed by atoms with van der Waals surface area (Å²) in [4.78, 5) is 14.7. The lowest BCUT2D eigenvalue weighted by molar-refractivity contribution is -0.124. The number of halogens is 2. The third kappa shape index (κ3) is 7.41. The molecule has 3 atom stereocenters. The lowest BCUT2D eigenvalue weighted by Crippen LogP contribution is -2.59. The molecule has 150 valence electrons. The summed E-state index contributed by atoms with van der Waals surface area (Å²) < 4.78 is 5.79. The molecule has 1 amide bonds. The molecule has 1 heterocycles. The fourth-order valence-corrected chi connectivity index (χ4v) is 3.18. The van der Waals surface area contributed by atoms with E-state index >= 15 is 0 Å². The smallest absolute Gasteiger partial charge is 0.237 e. The summed E-state index contributed by atoms with van der Waals surface area (Å²) in [5.74, 6) is -0.0960. The van der Waals surface area contributed by atoms with Crippen molar-refractivity contribution in [2.45, 2.75) is 57.9 Å². The normalized spacial score (nSPS) is 21.9. The summed E-state index contributed by atoms with van der Waals surface area (Å²) in [6.45, 7) is 10.8. The zero-order valence-corrected chi connectivity index (χ0v) is 17.7. The van der Waals surface area contributed by atoms with E-state index < -0.39 is 6.04 Å². The number of morpholine rings is 1. The van der Waals surface area contributed by atoms with E-state index in [1.807, 2.05) is 30.3 Å². The third-order valence-corrected chi connectivity index (χ3v) is 4.61. The maximum Gasteiger partial charge on any atom is 0.237 e. The second-order valence-corrected chi connectivity index (χ2v) is 7.49. The summed E-state index contributed by atoms with van der Waals surface area (Å²) >= 11 is 0. The van der Waals surface area contributed by atoms with E-state index in [0.29, 0.717) is 13.0 Å². The molecule has 26 heavy (non-hydrogen) atoms. The van der Waals surface area contributed by atoms with Crippen molar-refractivity contribution in [3.8, 4) is 0 Å². The van der Waals surface area contributed by atoms with Gasteiger partial charge in [0, 0.05) is 25.2 Å². The monoisotopic (exact) mass is 405 g/mol. The van der Waals surface area contributed by atoms with Crippen molar-refractivity contribution in [2.24, 2.45) is 5.73 Å². The molecule has 0 aliphatic carbocycles. The Morgan fingerprint density at radius 2 is 1.77 bits per heavy atom. The minimum absolute atomic E-state index is 0. The molecule has 1 saturated heterocycles. The number of hydrogen-bond acceptors (Lipinski definition) is 4. The number of rotatable bonds is 6. The Hall–Kier alpha value is -0.850. The highest BCUT2D eigenvalue weighted by atomic mass is 35.5. The van der Waals surface area contributed by atoms with Gasteiger partial charge < -0.3 is 15.8 Å². The van der Waals surface area contributed by atoms with Crippen LogP contribution in [0.2, 0.25) is 0 Å². The minimum atomic E-state index is -0.522. The van der Waals surface area contributed by atoms with E-state index in [9.17, 15) is 4.79 Å². The fraction of sp³-hybridized carbons (Fsp3) is 0.632. The largest absolute Gasteiger partial charge is 0.373 e. The van der Waals surface area contributed by atoms with Gasteiger partial charge in [0.15, 0.2) is 0 Å². The SMILES string of the molecule is CC1CN(C(C)(C)CNC(=O)C(N)Cc2ccccc2)CC(C)O1.Cl.Cl. The van der Waals surface area contributed by atoms with E-state index in [1.165, 1.54) is 0 Å². The lowest BCUT2D eigenvalue weighted by atomic mass is 9.99. The summed E-state index contributed by atoms with van der Waals surface area (Å²) in [5, 5.41) is 3.02. The molecule has 1 aliphatic rings. The molecule has 0 saturated carbocycles. The van der Waals surface area contributed by atoms with Gasteiger partial charge >= 0.3 is 0 Å². The molecule has 3 N–H and O–H groups in total. The van der Waals surface area contributed by atoms with Crippen molar-refractivity contribution in [2.75, 3.05) is 19.6 Å². The van der Waals surface area contributed by atoms with Crippen LogP contribution in [0, 0.1) is 0 Å². The molecule has 2 rings (SSSR count). The number of ether oxygens (including phenoxy) is 1. The Balaban J connectivity index is 0.00000312. The van der Waals surface area contributed by atoms with E-state index in [2.05, 4.69) is 37.9 Å². The van der Waals surface area contributed by atoms with Crippen molar-refractivity contribution >= 4 is 30.7 Å². The Morgan fingerprint density at radius 3 is 2.31 bits per heavy atom. The number of carbonyl (C=O) groups excluding carboxylic acids is 1. The molecule has 1 fully saturated rings. The summed E-state index contributed by atoms with van der Waals surface area (Å²) in [6, 6.07) is 9.35. The van der Waals surface area contributed by atoms with E-state index in [0.717, 1.165) is 18.7 Å². The van der Waals surface area contributed by atoms with Crippen LogP contribution < -0.4 is 11.1 Å². The van der Waals surface area contributed by atoms with E-state index in [-0.39, 0.29) is 48.5 Å². The van der Waals surface area contributed by atoms with E-state index in [4.69, 9.17) is 10.5 Å². The van der Waals surface area contributed by atoms with Crippen LogP contribution in [-0.4, -0.2) is 54.2 Å². The molecule has 7 heteroatoms. The zero-order chi connectivity index (χ0) is 17.7. The summed E-state index contributed by atoms with van der Waals surface area (Å²) in [6.07, 6.45) is 0.978. The third-order valence-electron chi connectivity index (χ3n) is 4.61. The van der Waals surface area contributed by atoms with Gasteiger partial charge in [-0.3, -0.25) is 9.69 Å². The highest BCUT2D eigenvalue weighted by molar-refractivity contribution is 5.85. The molecule has 1 aliphatic heterocycles. The van der Waals surface area contributed by atoms with Gasteiger partial charge in [0.2, 0.25) is 5.91 Å². The standard InChI is InChI=1S/C19H31N3O2.2ClH/c1-14-11-22(12-15(2)24-14)19(3,4)13-21-18(23)17(20)10-16-8-6-5-7-9-16;;/h5-9,14-15,17H,10-13,20H2,1-4H3,(H,21,23);2*1H. The van der Waals surface area contributed by atoms with Crippen LogP contribution in [0.1, 0.15) is 33.3 Å². The lowest BCUT2D eigenvalue weighted by Gasteiger charge is -2.45. The van der Waals surface area contributed by atoms with Gasteiger partial charge in [0.25, 0.3) is 0 Å². The fourth-order valence-electron chi connectivity index (χ4n) is 3.18. The second-order valence-electron chi connectivity index (χ2n) is 7.49. The predicted octanol–water partition coefficient (Wildman–Crippen LogP) is 2.40. The van der Waals surface area contributed by atoms with Crippen LogP contribution in [0.4, 0.5) is 0 Å². The van der Waals surface area contributed by atoms with Crippen molar-refractivity contribution < 1.29 is 9.53 Å². The molecule has 1 aromatic carbocycles. The van der Waals surface area contributed by atoms with Gasteiger partial charge in [0.1, 0.15) is 0 Å². The van der Waals surface area contributed by atoms with Crippen molar-refractivity contribution in [3.63, 3.8) is 0 Å². The Labute approximate surface area is 169 Å². The Morgan fingerprint density at radius 1 is 1.23 bits per heavy atom. The van der Waals surface area contributed by atoms with Gasteiger partial charge in [0.05, 0.1) is 18.2 Å². The number of carbonyl (C=O) groups is 1. The molecule has 0 bridgehead atoms. The first-order valence-corrected chi connectivity index (χ1v) is 8.75. The maximum atomic E-state index is 12.3. The molecule has 5 nitrogen and oxygen atoms in total. The zero-order valence-electron chi connectivity index (χ0n) is 16.1. The van der Waals surface area contributed by atoms with E-state index in [1.54, 1.807) is 0 Å². The minimum Gasteiger partial charge on any atom is -0.373 e. The molecular formula is C19H33Cl2N3O2. The number of nitrogens with one attached hydrogen (secondary N) is 1. The van der Waals surface area contributed by atoms with Crippen LogP contribution in [0.15, 0.2) is 30.3 Å². The van der Waals surface area contributed by atoms with Crippen LogP contribution in [0.25, 0.3) is 0 Å². The highest BCUT2D eigenvalue weighted by Crippen LogP contribution is 2.20. The first kappa shape index (κ1) is 25.1.